The van der Waals surface area contributed by atoms with E-state index < -0.39 is 0 Å². The van der Waals surface area contributed by atoms with Crippen molar-refractivity contribution in [3.8, 4) is 0 Å². The molecular formula is C13H21N3O3. The topological polar surface area (TPSA) is 69.4 Å². The summed E-state index contributed by atoms with van der Waals surface area (Å²) in [6, 6.07) is 0. The Balaban J connectivity index is 1.77. The van der Waals surface area contributed by atoms with E-state index in [1.54, 1.807) is 0 Å². The molecule has 2 fully saturated rings. The van der Waals surface area contributed by atoms with Gasteiger partial charge in [-0.25, -0.2) is 0 Å². The first-order valence-corrected chi connectivity index (χ1v) is 6.98. The van der Waals surface area contributed by atoms with Crippen LogP contribution in [0.15, 0.2) is 4.52 Å². The smallest absolute Gasteiger partial charge is 0.232 e. The summed E-state index contributed by atoms with van der Waals surface area (Å²) < 4.78 is 16.9. The summed E-state index contributed by atoms with van der Waals surface area (Å²) in [5.74, 6) is 1.87. The average Bonchev–Trinajstić information content (AvgIpc) is 2.97. The lowest BCUT2D eigenvalue weighted by Crippen LogP contribution is -2.33. The largest absolute Gasteiger partial charge is 0.374 e. The maximum Gasteiger partial charge on any atom is 0.232 e. The van der Waals surface area contributed by atoms with Crippen LogP contribution in [0.3, 0.4) is 0 Å². The maximum atomic E-state index is 5.82. The zero-order valence-corrected chi connectivity index (χ0v) is 11.6. The summed E-state index contributed by atoms with van der Waals surface area (Å²) in [6.07, 6.45) is 0.239. The molecule has 0 spiro atoms. The second-order valence-electron chi connectivity index (χ2n) is 5.49. The first-order chi connectivity index (χ1) is 9.16. The van der Waals surface area contributed by atoms with Gasteiger partial charge in [0.05, 0.1) is 24.7 Å². The van der Waals surface area contributed by atoms with Crippen molar-refractivity contribution in [2.24, 2.45) is 5.92 Å². The molecule has 0 aliphatic carbocycles. The minimum atomic E-state index is -0.100. The molecule has 106 valence electrons. The lowest BCUT2D eigenvalue weighted by molar-refractivity contribution is 0.0208. The lowest BCUT2D eigenvalue weighted by Gasteiger charge is -2.20. The molecule has 0 saturated carbocycles. The Morgan fingerprint density at radius 3 is 2.68 bits per heavy atom. The molecule has 6 nitrogen and oxygen atoms in total. The number of nitrogens with zero attached hydrogens (tertiary/aromatic N) is 2. The van der Waals surface area contributed by atoms with Crippen LogP contribution in [0.2, 0.25) is 0 Å². The number of hydrogen-bond acceptors (Lipinski definition) is 6. The van der Waals surface area contributed by atoms with Crippen molar-refractivity contribution in [1.82, 2.24) is 15.5 Å². The highest BCUT2D eigenvalue weighted by molar-refractivity contribution is 5.05. The second-order valence-corrected chi connectivity index (χ2v) is 5.49. The van der Waals surface area contributed by atoms with E-state index in [9.17, 15) is 0 Å². The van der Waals surface area contributed by atoms with Crippen molar-refractivity contribution in [2.45, 2.75) is 45.0 Å². The molecule has 19 heavy (non-hydrogen) atoms. The van der Waals surface area contributed by atoms with Crippen LogP contribution in [0.5, 0.6) is 0 Å². The van der Waals surface area contributed by atoms with Gasteiger partial charge in [-0.1, -0.05) is 12.1 Å². The van der Waals surface area contributed by atoms with Crippen LogP contribution < -0.4 is 5.32 Å². The van der Waals surface area contributed by atoms with Crippen LogP contribution in [0, 0.1) is 5.92 Å². The number of rotatable bonds is 2. The Kier molecular flexibility index (Phi) is 3.56. The highest BCUT2D eigenvalue weighted by Gasteiger charge is 2.41. The number of hydrogen-bond donors (Lipinski definition) is 1. The Hall–Kier alpha value is -0.980. The van der Waals surface area contributed by atoms with Crippen molar-refractivity contribution in [1.29, 1.82) is 0 Å². The molecule has 5 atom stereocenters. The summed E-state index contributed by atoms with van der Waals surface area (Å²) in [6.45, 7) is 8.62. The summed E-state index contributed by atoms with van der Waals surface area (Å²) in [7, 11) is 0. The normalized spacial score (nSPS) is 39.6. The molecule has 3 heterocycles. The molecule has 1 aromatic heterocycles. The van der Waals surface area contributed by atoms with Gasteiger partial charge in [0, 0.05) is 13.1 Å². The van der Waals surface area contributed by atoms with E-state index in [2.05, 4.69) is 36.2 Å². The minimum absolute atomic E-state index is 0.100. The van der Waals surface area contributed by atoms with Gasteiger partial charge < -0.3 is 19.3 Å². The van der Waals surface area contributed by atoms with Gasteiger partial charge in [0.15, 0.2) is 0 Å². The van der Waals surface area contributed by atoms with Gasteiger partial charge in [-0.2, -0.15) is 4.98 Å². The van der Waals surface area contributed by atoms with Crippen LogP contribution in [0.25, 0.3) is 0 Å². The van der Waals surface area contributed by atoms with Gasteiger partial charge in [-0.15, -0.1) is 0 Å². The van der Waals surface area contributed by atoms with Crippen molar-refractivity contribution >= 4 is 0 Å². The molecule has 0 bridgehead atoms. The van der Waals surface area contributed by atoms with Gasteiger partial charge in [-0.05, 0) is 19.8 Å². The van der Waals surface area contributed by atoms with Crippen LogP contribution in [0.1, 0.15) is 44.5 Å². The molecule has 0 radical (unpaired) electrons. The number of ether oxygens (including phenoxy) is 2. The van der Waals surface area contributed by atoms with Gasteiger partial charge in [0.2, 0.25) is 11.7 Å². The number of morpholine rings is 1. The van der Waals surface area contributed by atoms with Crippen LogP contribution in [0.4, 0.5) is 0 Å². The molecule has 2 aliphatic rings. The molecule has 0 aromatic carbocycles. The fourth-order valence-corrected chi connectivity index (χ4v) is 2.94. The molecule has 5 unspecified atom stereocenters. The van der Waals surface area contributed by atoms with Crippen LogP contribution >= 0.6 is 0 Å². The zero-order chi connectivity index (χ0) is 13.4. The van der Waals surface area contributed by atoms with Crippen molar-refractivity contribution in [3.63, 3.8) is 0 Å². The Morgan fingerprint density at radius 1 is 1.21 bits per heavy atom. The summed E-state index contributed by atoms with van der Waals surface area (Å²) in [5.41, 5.74) is 0. The van der Waals surface area contributed by atoms with Gasteiger partial charge >= 0.3 is 0 Å². The third kappa shape index (κ3) is 2.40. The van der Waals surface area contributed by atoms with E-state index in [1.165, 1.54) is 0 Å². The molecule has 2 saturated heterocycles. The number of nitrogens with one attached hydrogen (secondary N) is 1. The minimum Gasteiger partial charge on any atom is -0.374 e. The highest BCUT2D eigenvalue weighted by atomic mass is 16.5. The van der Waals surface area contributed by atoms with Crippen molar-refractivity contribution < 1.29 is 14.0 Å². The van der Waals surface area contributed by atoms with Crippen molar-refractivity contribution in [2.75, 3.05) is 19.7 Å². The first kappa shape index (κ1) is 13.0. The van der Waals surface area contributed by atoms with E-state index in [0.717, 1.165) is 13.1 Å². The zero-order valence-electron chi connectivity index (χ0n) is 11.6. The number of aromatic nitrogens is 2. The van der Waals surface area contributed by atoms with Gasteiger partial charge in [0.25, 0.3) is 0 Å². The van der Waals surface area contributed by atoms with E-state index in [0.29, 0.717) is 24.2 Å². The predicted octanol–water partition coefficient (Wildman–Crippen LogP) is 1.26. The summed E-state index contributed by atoms with van der Waals surface area (Å²) in [4.78, 5) is 4.53. The van der Waals surface area contributed by atoms with E-state index in [1.807, 2.05) is 0 Å². The fourth-order valence-electron chi connectivity index (χ4n) is 2.94. The molecule has 3 rings (SSSR count). The first-order valence-electron chi connectivity index (χ1n) is 6.98. The SMILES string of the molecule is CC1OC(C)C(c2nc(C3CNCCO3)no2)C1C. The quantitative estimate of drug-likeness (QED) is 0.870. The standard InChI is InChI=1S/C13H21N3O3/c1-7-8(2)18-9(3)11(7)13-15-12(16-19-13)10-6-14-4-5-17-10/h7-11,14H,4-6H2,1-3H3. The molecule has 0 amide bonds. The molecule has 1 N–H and O–H groups in total. The van der Waals surface area contributed by atoms with Gasteiger partial charge in [0.1, 0.15) is 6.10 Å². The average molecular weight is 267 g/mol. The van der Waals surface area contributed by atoms with Crippen LogP contribution in [-0.2, 0) is 9.47 Å². The van der Waals surface area contributed by atoms with E-state index in [4.69, 9.17) is 14.0 Å². The second kappa shape index (κ2) is 5.19. The summed E-state index contributed by atoms with van der Waals surface area (Å²) >= 11 is 0. The maximum absolute atomic E-state index is 5.82. The van der Waals surface area contributed by atoms with Gasteiger partial charge in [-0.3, -0.25) is 0 Å². The summed E-state index contributed by atoms with van der Waals surface area (Å²) in [5, 5.41) is 7.34. The molecule has 1 aromatic rings. The van der Waals surface area contributed by atoms with E-state index >= 15 is 0 Å². The lowest BCUT2D eigenvalue weighted by atomic mass is 9.89. The third-order valence-corrected chi connectivity index (χ3v) is 4.20. The van der Waals surface area contributed by atoms with E-state index in [-0.39, 0.29) is 24.2 Å². The highest BCUT2D eigenvalue weighted by Crippen LogP contribution is 2.39. The molecule has 6 heteroatoms. The van der Waals surface area contributed by atoms with Crippen molar-refractivity contribution in [3.05, 3.63) is 11.7 Å². The Morgan fingerprint density at radius 2 is 2.05 bits per heavy atom. The monoisotopic (exact) mass is 267 g/mol. The Labute approximate surface area is 112 Å². The third-order valence-electron chi connectivity index (χ3n) is 4.20. The predicted molar refractivity (Wildman–Crippen MR) is 67.8 cm³/mol. The Bertz CT molecular complexity index is 431. The molecular weight excluding hydrogens is 246 g/mol. The fraction of sp³-hybridized carbons (Fsp3) is 0.846. The van der Waals surface area contributed by atoms with Crippen LogP contribution in [-0.4, -0.2) is 42.0 Å². The molecule has 2 aliphatic heterocycles.